The number of urea groups is 1. The summed E-state index contributed by atoms with van der Waals surface area (Å²) in [4.78, 5) is 37.6. The molecule has 0 bridgehead atoms. The Hall–Kier alpha value is -3.35. The molecule has 3 rings (SSSR count). The standard InChI is InChI=1S/C22H25N3O4/c1-15-10-18(21(27)28)14-25(13-15)22(29)23-12-16-6-5-9-19(11-16)24-20(26)17-7-3-2-4-8-17/h2-9,11,15,18H,10,12-14H2,1H3,(H,23,29)(H,24,26)(H,27,28). The van der Waals surface area contributed by atoms with Gasteiger partial charge in [-0.3, -0.25) is 9.59 Å². The molecule has 7 heteroatoms. The topological polar surface area (TPSA) is 98.7 Å². The molecule has 0 aliphatic carbocycles. The molecule has 2 aromatic rings. The van der Waals surface area contributed by atoms with Gasteiger partial charge in [0.1, 0.15) is 0 Å². The van der Waals surface area contributed by atoms with Crippen LogP contribution in [0.5, 0.6) is 0 Å². The maximum absolute atomic E-state index is 12.5. The zero-order valence-corrected chi connectivity index (χ0v) is 16.3. The smallest absolute Gasteiger partial charge is 0.317 e. The van der Waals surface area contributed by atoms with E-state index in [0.717, 1.165) is 5.56 Å². The molecule has 2 atom stereocenters. The van der Waals surface area contributed by atoms with E-state index >= 15 is 0 Å². The number of anilines is 1. The van der Waals surface area contributed by atoms with Crippen LogP contribution >= 0.6 is 0 Å². The molecule has 1 aliphatic rings. The molecule has 0 spiro atoms. The Labute approximate surface area is 169 Å². The first-order valence-corrected chi connectivity index (χ1v) is 9.63. The van der Waals surface area contributed by atoms with Crippen molar-refractivity contribution in [2.24, 2.45) is 11.8 Å². The second-order valence-corrected chi connectivity index (χ2v) is 7.46. The largest absolute Gasteiger partial charge is 0.481 e. The van der Waals surface area contributed by atoms with Gasteiger partial charge in [0.2, 0.25) is 0 Å². The van der Waals surface area contributed by atoms with Gasteiger partial charge in [-0.2, -0.15) is 0 Å². The van der Waals surface area contributed by atoms with Crippen LogP contribution in [-0.4, -0.2) is 41.0 Å². The molecule has 1 heterocycles. The Bertz CT molecular complexity index is 885. The predicted molar refractivity (Wildman–Crippen MR) is 110 cm³/mol. The van der Waals surface area contributed by atoms with Crippen LogP contribution in [-0.2, 0) is 11.3 Å². The van der Waals surface area contributed by atoms with E-state index in [1.54, 1.807) is 41.3 Å². The Morgan fingerprint density at radius 1 is 1.07 bits per heavy atom. The number of aliphatic carboxylic acids is 1. The van der Waals surface area contributed by atoms with Crippen molar-refractivity contribution >= 4 is 23.6 Å². The van der Waals surface area contributed by atoms with E-state index in [4.69, 9.17) is 0 Å². The van der Waals surface area contributed by atoms with Gasteiger partial charge in [0, 0.05) is 30.9 Å². The molecule has 3 amide bonds. The van der Waals surface area contributed by atoms with Crippen molar-refractivity contribution < 1.29 is 19.5 Å². The van der Waals surface area contributed by atoms with E-state index in [1.165, 1.54) is 0 Å². The maximum Gasteiger partial charge on any atom is 0.317 e. The third-order valence-corrected chi connectivity index (χ3v) is 4.96. The lowest BCUT2D eigenvalue weighted by Gasteiger charge is -2.34. The number of likely N-dealkylation sites (tertiary alicyclic amines) is 1. The first-order valence-electron chi connectivity index (χ1n) is 9.63. The number of benzene rings is 2. The average molecular weight is 395 g/mol. The zero-order valence-electron chi connectivity index (χ0n) is 16.3. The summed E-state index contributed by atoms with van der Waals surface area (Å²) in [6, 6.07) is 15.9. The molecular formula is C22H25N3O4. The van der Waals surface area contributed by atoms with Crippen LogP contribution in [0.1, 0.15) is 29.3 Å². The van der Waals surface area contributed by atoms with Gasteiger partial charge in [-0.05, 0) is 42.2 Å². The molecule has 0 aromatic heterocycles. The van der Waals surface area contributed by atoms with Crippen molar-refractivity contribution in [2.75, 3.05) is 18.4 Å². The Kier molecular flexibility index (Phi) is 6.49. The van der Waals surface area contributed by atoms with Crippen LogP contribution in [0.2, 0.25) is 0 Å². The van der Waals surface area contributed by atoms with Gasteiger partial charge in [-0.1, -0.05) is 37.3 Å². The van der Waals surface area contributed by atoms with Gasteiger partial charge in [0.25, 0.3) is 5.91 Å². The number of carboxylic acids is 1. The summed E-state index contributed by atoms with van der Waals surface area (Å²) in [5.41, 5.74) is 2.05. The van der Waals surface area contributed by atoms with Gasteiger partial charge in [-0.15, -0.1) is 0 Å². The van der Waals surface area contributed by atoms with Gasteiger partial charge in [0.15, 0.2) is 0 Å². The minimum absolute atomic E-state index is 0.145. The van der Waals surface area contributed by atoms with E-state index in [-0.39, 0.29) is 30.9 Å². The number of amides is 3. The molecule has 2 aromatic carbocycles. The summed E-state index contributed by atoms with van der Waals surface area (Å²) < 4.78 is 0. The van der Waals surface area contributed by atoms with E-state index in [9.17, 15) is 19.5 Å². The fourth-order valence-corrected chi connectivity index (χ4v) is 3.54. The summed E-state index contributed by atoms with van der Waals surface area (Å²) in [7, 11) is 0. The van der Waals surface area contributed by atoms with E-state index in [0.29, 0.717) is 24.2 Å². The summed E-state index contributed by atoms with van der Waals surface area (Å²) >= 11 is 0. The highest BCUT2D eigenvalue weighted by molar-refractivity contribution is 6.04. The number of nitrogens with zero attached hydrogens (tertiary/aromatic N) is 1. The Morgan fingerprint density at radius 2 is 1.83 bits per heavy atom. The number of carbonyl (C=O) groups is 3. The lowest BCUT2D eigenvalue weighted by molar-refractivity contribution is -0.143. The van der Waals surface area contributed by atoms with Crippen molar-refractivity contribution in [2.45, 2.75) is 19.9 Å². The van der Waals surface area contributed by atoms with E-state index < -0.39 is 11.9 Å². The minimum atomic E-state index is -0.865. The molecule has 1 fully saturated rings. The highest BCUT2D eigenvalue weighted by Crippen LogP contribution is 2.22. The number of nitrogens with one attached hydrogen (secondary N) is 2. The highest BCUT2D eigenvalue weighted by atomic mass is 16.4. The minimum Gasteiger partial charge on any atom is -0.481 e. The fourth-order valence-electron chi connectivity index (χ4n) is 3.54. The quantitative estimate of drug-likeness (QED) is 0.724. The molecular weight excluding hydrogens is 370 g/mol. The Morgan fingerprint density at radius 3 is 2.55 bits per heavy atom. The monoisotopic (exact) mass is 395 g/mol. The fraction of sp³-hybridized carbons (Fsp3) is 0.318. The number of hydrogen-bond acceptors (Lipinski definition) is 3. The van der Waals surface area contributed by atoms with Gasteiger partial charge in [0.05, 0.1) is 5.92 Å². The lowest BCUT2D eigenvalue weighted by Crippen LogP contribution is -2.49. The zero-order chi connectivity index (χ0) is 20.8. The van der Waals surface area contributed by atoms with Gasteiger partial charge in [-0.25, -0.2) is 4.79 Å². The van der Waals surface area contributed by atoms with Gasteiger partial charge < -0.3 is 20.6 Å². The number of piperidine rings is 1. The van der Waals surface area contributed by atoms with Crippen molar-refractivity contribution in [3.05, 3.63) is 65.7 Å². The van der Waals surface area contributed by atoms with Gasteiger partial charge >= 0.3 is 12.0 Å². The van der Waals surface area contributed by atoms with Crippen LogP contribution < -0.4 is 10.6 Å². The molecule has 1 saturated heterocycles. The van der Waals surface area contributed by atoms with Crippen molar-refractivity contribution in [1.82, 2.24) is 10.2 Å². The summed E-state index contributed by atoms with van der Waals surface area (Å²) in [6.07, 6.45) is 0.586. The normalized spacial score (nSPS) is 18.7. The van der Waals surface area contributed by atoms with Crippen molar-refractivity contribution in [3.63, 3.8) is 0 Å². The average Bonchev–Trinajstić information content (AvgIpc) is 2.72. The summed E-state index contributed by atoms with van der Waals surface area (Å²) in [5, 5.41) is 14.9. The molecule has 1 aliphatic heterocycles. The molecule has 29 heavy (non-hydrogen) atoms. The third-order valence-electron chi connectivity index (χ3n) is 4.96. The van der Waals surface area contributed by atoms with Crippen LogP contribution in [0, 0.1) is 11.8 Å². The van der Waals surface area contributed by atoms with Crippen LogP contribution in [0.3, 0.4) is 0 Å². The van der Waals surface area contributed by atoms with E-state index in [1.807, 2.05) is 25.1 Å². The first-order chi connectivity index (χ1) is 13.9. The number of hydrogen-bond donors (Lipinski definition) is 3. The predicted octanol–water partition coefficient (Wildman–Crippen LogP) is 3.19. The molecule has 0 radical (unpaired) electrons. The highest BCUT2D eigenvalue weighted by Gasteiger charge is 2.31. The van der Waals surface area contributed by atoms with Crippen LogP contribution in [0.25, 0.3) is 0 Å². The maximum atomic E-state index is 12.5. The number of carbonyl (C=O) groups excluding carboxylic acids is 2. The molecule has 7 nitrogen and oxygen atoms in total. The Balaban J connectivity index is 1.57. The van der Waals surface area contributed by atoms with Crippen molar-refractivity contribution in [1.29, 1.82) is 0 Å². The molecule has 3 N–H and O–H groups in total. The second-order valence-electron chi connectivity index (χ2n) is 7.46. The SMILES string of the molecule is CC1CC(C(=O)O)CN(C(=O)NCc2cccc(NC(=O)c3ccccc3)c2)C1. The summed E-state index contributed by atoms with van der Waals surface area (Å²) in [5.74, 6) is -1.45. The van der Waals surface area contributed by atoms with E-state index in [2.05, 4.69) is 10.6 Å². The van der Waals surface area contributed by atoms with Crippen molar-refractivity contribution in [3.8, 4) is 0 Å². The molecule has 152 valence electrons. The first kappa shape index (κ1) is 20.4. The number of carboxylic acid groups (broad SMARTS) is 1. The molecule has 2 unspecified atom stereocenters. The second kappa shape index (κ2) is 9.23. The number of rotatable bonds is 5. The lowest BCUT2D eigenvalue weighted by atomic mass is 9.91. The van der Waals surface area contributed by atoms with Crippen LogP contribution in [0.4, 0.5) is 10.5 Å². The summed E-state index contributed by atoms with van der Waals surface area (Å²) in [6.45, 7) is 3.01. The third kappa shape index (κ3) is 5.57. The van der Waals surface area contributed by atoms with Crippen LogP contribution in [0.15, 0.2) is 54.6 Å². The molecule has 0 saturated carbocycles.